The van der Waals surface area contributed by atoms with E-state index in [4.69, 9.17) is 18.9 Å². The van der Waals surface area contributed by atoms with E-state index in [2.05, 4.69) is 29.8 Å². The van der Waals surface area contributed by atoms with Crippen molar-refractivity contribution in [3.63, 3.8) is 0 Å². The molecule has 1 unspecified atom stereocenters. The highest BCUT2D eigenvalue weighted by molar-refractivity contribution is 5.91. The Kier molecular flexibility index (Phi) is 34.8. The molecule has 376 valence electrons. The maximum Gasteiger partial charge on any atom is 0.408 e. The minimum absolute atomic E-state index is 0.219. The average molecular weight is 909 g/mol. The standard InChI is InChI=1S/C52H100N4O8/c1-9-11-13-15-17-19-21-23-25-27-29-33-40-61-43-44(62-41-34-30-28-26-24-22-20-18-16-14-12-10-2)42-54-47(57)46-37-35-39-56(46)48(58)45(55-50(60)64-52(6,7)8)36-31-32-38-53-49(59)63-51(3,4)5/h44-46H,9-43H2,1-8H3,(H,53,59)(H,54,57)(H,55,60)/t44?,45-,46-/m0/s1. The maximum absolute atomic E-state index is 14.1. The Balaban J connectivity index is 2.71. The Bertz CT molecular complexity index is 1190. The van der Waals surface area contributed by atoms with E-state index in [0.717, 1.165) is 25.7 Å². The van der Waals surface area contributed by atoms with E-state index in [1.165, 1.54) is 128 Å². The molecule has 1 aliphatic heterocycles. The normalized spacial score (nSPS) is 15.2. The molecule has 4 amide bonds. The molecule has 12 nitrogen and oxygen atoms in total. The predicted molar refractivity (Wildman–Crippen MR) is 262 cm³/mol. The number of likely N-dealkylation sites (tertiary alicyclic amines) is 1. The third-order valence-corrected chi connectivity index (χ3v) is 11.7. The lowest BCUT2D eigenvalue weighted by atomic mass is 10.1. The zero-order valence-electron chi connectivity index (χ0n) is 42.7. The van der Waals surface area contributed by atoms with E-state index in [1.807, 2.05) is 0 Å². The molecule has 0 aromatic heterocycles. The smallest absolute Gasteiger partial charge is 0.408 e. The minimum Gasteiger partial charge on any atom is -0.444 e. The number of nitrogens with zero attached hydrogens (tertiary/aromatic N) is 1. The van der Waals surface area contributed by atoms with Gasteiger partial charge in [0.1, 0.15) is 23.3 Å². The maximum atomic E-state index is 14.1. The highest BCUT2D eigenvalue weighted by Crippen LogP contribution is 2.21. The third kappa shape index (κ3) is 33.8. The molecule has 0 radical (unpaired) electrons. The van der Waals surface area contributed by atoms with Gasteiger partial charge in [0.2, 0.25) is 11.8 Å². The van der Waals surface area contributed by atoms with Crippen LogP contribution in [-0.4, -0.2) is 97.7 Å². The highest BCUT2D eigenvalue weighted by Gasteiger charge is 2.38. The number of nitrogens with one attached hydrogen (secondary N) is 3. The molecule has 12 heteroatoms. The van der Waals surface area contributed by atoms with Crippen molar-refractivity contribution < 1.29 is 38.1 Å². The van der Waals surface area contributed by atoms with E-state index in [9.17, 15) is 19.2 Å². The van der Waals surface area contributed by atoms with E-state index in [1.54, 1.807) is 46.4 Å². The van der Waals surface area contributed by atoms with Crippen molar-refractivity contribution in [2.75, 3.05) is 39.5 Å². The van der Waals surface area contributed by atoms with Crippen molar-refractivity contribution in [3.05, 3.63) is 0 Å². The van der Waals surface area contributed by atoms with Gasteiger partial charge >= 0.3 is 12.2 Å². The number of rotatable bonds is 39. The molecular formula is C52H100N4O8. The van der Waals surface area contributed by atoms with Crippen molar-refractivity contribution >= 4 is 24.0 Å². The van der Waals surface area contributed by atoms with E-state index < -0.39 is 35.5 Å². The van der Waals surface area contributed by atoms with Crippen molar-refractivity contribution in [1.82, 2.24) is 20.9 Å². The first kappa shape index (κ1) is 59.4. The summed E-state index contributed by atoms with van der Waals surface area (Å²) in [7, 11) is 0. The Labute approximate surface area is 392 Å². The summed E-state index contributed by atoms with van der Waals surface area (Å²) in [6.45, 7) is 18.1. The third-order valence-electron chi connectivity index (χ3n) is 11.7. The van der Waals surface area contributed by atoms with Gasteiger partial charge in [-0.3, -0.25) is 9.59 Å². The number of hydrogen-bond donors (Lipinski definition) is 3. The van der Waals surface area contributed by atoms with Gasteiger partial charge < -0.3 is 39.8 Å². The molecule has 0 aromatic carbocycles. The number of carbonyl (C=O) groups excluding carboxylic acids is 4. The Hall–Kier alpha value is -2.60. The fourth-order valence-electron chi connectivity index (χ4n) is 8.14. The number of ether oxygens (including phenoxy) is 4. The molecule has 0 spiro atoms. The van der Waals surface area contributed by atoms with Gasteiger partial charge in [-0.2, -0.15) is 0 Å². The number of unbranched alkanes of at least 4 members (excludes halogenated alkanes) is 23. The summed E-state index contributed by atoms with van der Waals surface area (Å²) in [5, 5.41) is 8.62. The molecule has 1 aliphatic rings. The summed E-state index contributed by atoms with van der Waals surface area (Å²) in [6, 6.07) is -1.53. The van der Waals surface area contributed by atoms with Crippen LogP contribution in [0.2, 0.25) is 0 Å². The second-order valence-electron chi connectivity index (χ2n) is 20.4. The molecule has 1 rings (SSSR count). The van der Waals surface area contributed by atoms with Gasteiger partial charge in [-0.1, -0.05) is 155 Å². The molecule has 0 aliphatic carbocycles. The molecule has 0 aromatic rings. The van der Waals surface area contributed by atoms with E-state index >= 15 is 0 Å². The summed E-state index contributed by atoms with van der Waals surface area (Å²) in [5.74, 6) is -0.530. The fourth-order valence-corrected chi connectivity index (χ4v) is 8.14. The minimum atomic E-state index is -0.884. The van der Waals surface area contributed by atoms with Crippen LogP contribution in [0.5, 0.6) is 0 Å². The number of hydrogen-bond acceptors (Lipinski definition) is 8. The lowest BCUT2D eigenvalue weighted by molar-refractivity contribution is -0.140. The van der Waals surface area contributed by atoms with Gasteiger partial charge in [-0.15, -0.1) is 0 Å². The summed E-state index contributed by atoms with van der Waals surface area (Å²) in [6.07, 6.45) is 32.1. The van der Waals surface area contributed by atoms with Crippen LogP contribution in [0.3, 0.4) is 0 Å². The van der Waals surface area contributed by atoms with Gasteiger partial charge in [0, 0.05) is 32.8 Å². The van der Waals surface area contributed by atoms with E-state index in [-0.39, 0.29) is 17.9 Å². The Morgan fingerprint density at radius 1 is 0.578 bits per heavy atom. The van der Waals surface area contributed by atoms with E-state index in [0.29, 0.717) is 71.6 Å². The summed E-state index contributed by atoms with van der Waals surface area (Å²) < 4.78 is 23.3. The van der Waals surface area contributed by atoms with Crippen molar-refractivity contribution in [1.29, 1.82) is 0 Å². The van der Waals surface area contributed by atoms with Crippen LogP contribution >= 0.6 is 0 Å². The van der Waals surface area contributed by atoms with Crippen molar-refractivity contribution in [2.24, 2.45) is 0 Å². The van der Waals surface area contributed by atoms with Crippen molar-refractivity contribution in [2.45, 2.75) is 271 Å². The van der Waals surface area contributed by atoms with Gasteiger partial charge in [-0.05, 0) is 86.5 Å². The summed E-state index contributed by atoms with van der Waals surface area (Å²) >= 11 is 0. The number of carbonyl (C=O) groups is 4. The summed E-state index contributed by atoms with van der Waals surface area (Å²) in [5.41, 5.74) is -1.34. The molecule has 3 N–H and O–H groups in total. The molecule has 1 heterocycles. The first-order valence-corrected chi connectivity index (χ1v) is 26.4. The SMILES string of the molecule is CCCCCCCCCCCCCCOCC(CNC(=O)[C@@H]1CCCN1C(=O)[C@H](CCCCNC(=O)OC(C)(C)C)NC(=O)OC(C)(C)C)OCCCCCCCCCCCCCC. The first-order chi connectivity index (χ1) is 30.7. The molecular weight excluding hydrogens is 809 g/mol. The zero-order chi connectivity index (χ0) is 47.3. The predicted octanol–water partition coefficient (Wildman–Crippen LogP) is 12.5. The molecule has 0 saturated carbocycles. The molecule has 64 heavy (non-hydrogen) atoms. The fraction of sp³-hybridized carbons (Fsp3) is 0.923. The van der Waals surface area contributed by atoms with Crippen LogP contribution in [0.25, 0.3) is 0 Å². The highest BCUT2D eigenvalue weighted by atomic mass is 16.6. The zero-order valence-corrected chi connectivity index (χ0v) is 42.7. The number of alkyl carbamates (subject to hydrolysis) is 2. The topological polar surface area (TPSA) is 145 Å². The van der Waals surface area contributed by atoms with Gasteiger partial charge in [-0.25, -0.2) is 9.59 Å². The van der Waals surface area contributed by atoms with Crippen LogP contribution in [-0.2, 0) is 28.5 Å². The van der Waals surface area contributed by atoms with Gasteiger partial charge in [0.05, 0.1) is 12.7 Å². The van der Waals surface area contributed by atoms with Crippen LogP contribution in [0.1, 0.15) is 242 Å². The Morgan fingerprint density at radius 2 is 1.05 bits per heavy atom. The van der Waals surface area contributed by atoms with Gasteiger partial charge in [0.25, 0.3) is 0 Å². The molecule has 3 atom stereocenters. The number of amides is 4. The Morgan fingerprint density at radius 3 is 1.55 bits per heavy atom. The molecule has 0 bridgehead atoms. The van der Waals surface area contributed by atoms with Crippen molar-refractivity contribution in [3.8, 4) is 0 Å². The molecule has 1 fully saturated rings. The first-order valence-electron chi connectivity index (χ1n) is 26.4. The quantitative estimate of drug-likeness (QED) is 0.0517. The summed E-state index contributed by atoms with van der Waals surface area (Å²) in [4.78, 5) is 54.5. The van der Waals surface area contributed by atoms with Crippen LogP contribution < -0.4 is 16.0 Å². The second-order valence-corrected chi connectivity index (χ2v) is 20.4. The lowest BCUT2D eigenvalue weighted by Gasteiger charge is -2.30. The second kappa shape index (κ2) is 37.5. The van der Waals surface area contributed by atoms with Crippen LogP contribution in [0.4, 0.5) is 9.59 Å². The lowest BCUT2D eigenvalue weighted by Crippen LogP contribution is -2.54. The monoisotopic (exact) mass is 909 g/mol. The van der Waals surface area contributed by atoms with Gasteiger partial charge in [0.15, 0.2) is 0 Å². The van der Waals surface area contributed by atoms with Crippen LogP contribution in [0, 0.1) is 0 Å². The van der Waals surface area contributed by atoms with Crippen LogP contribution in [0.15, 0.2) is 0 Å². The largest absolute Gasteiger partial charge is 0.444 e. The average Bonchev–Trinajstić information content (AvgIpc) is 3.72. The molecule has 1 saturated heterocycles.